The van der Waals surface area contributed by atoms with Crippen molar-refractivity contribution in [2.75, 3.05) is 12.9 Å². The van der Waals surface area contributed by atoms with Gasteiger partial charge in [0.2, 0.25) is 0 Å². The molecule has 0 amide bonds. The van der Waals surface area contributed by atoms with Crippen LogP contribution < -0.4 is 0 Å². The van der Waals surface area contributed by atoms with Crippen LogP contribution in [0, 0.1) is 0 Å². The van der Waals surface area contributed by atoms with Crippen molar-refractivity contribution in [2.45, 2.75) is 63.5 Å². The first-order valence-corrected chi connectivity index (χ1v) is 7.14. The second kappa shape index (κ2) is 4.84. The Labute approximate surface area is 103 Å². The Morgan fingerprint density at radius 3 is 2.38 bits per heavy atom. The molecule has 0 bridgehead atoms. The van der Waals surface area contributed by atoms with E-state index in [1.54, 1.807) is 0 Å². The summed E-state index contributed by atoms with van der Waals surface area (Å²) in [6.45, 7) is 11.1. The zero-order valence-corrected chi connectivity index (χ0v) is 12.1. The minimum Gasteiger partial charge on any atom is -0.375 e. The third kappa shape index (κ3) is 2.73. The number of hydroxylamine groups is 2. The molecule has 1 aliphatic heterocycles. The van der Waals surface area contributed by atoms with E-state index in [9.17, 15) is 5.21 Å². The van der Waals surface area contributed by atoms with Crippen molar-refractivity contribution in [3.8, 4) is 0 Å². The maximum atomic E-state index is 10.1. The van der Waals surface area contributed by atoms with Gasteiger partial charge >= 0.3 is 0 Å². The number of hydrogen-bond donors (Lipinski definition) is 1. The third-order valence-electron chi connectivity index (χ3n) is 3.53. The van der Waals surface area contributed by atoms with E-state index in [-0.39, 0.29) is 17.2 Å². The summed E-state index contributed by atoms with van der Waals surface area (Å²) in [4.78, 5) is 0. The smallest absolute Gasteiger partial charge is 0.0795 e. The van der Waals surface area contributed by atoms with Gasteiger partial charge in [0.05, 0.1) is 18.2 Å². The van der Waals surface area contributed by atoms with Gasteiger partial charge in [-0.25, -0.2) is 0 Å². The summed E-state index contributed by atoms with van der Waals surface area (Å²) in [7, 11) is 0. The van der Waals surface area contributed by atoms with E-state index < -0.39 is 0 Å². The van der Waals surface area contributed by atoms with Crippen LogP contribution in [0.2, 0.25) is 0 Å². The van der Waals surface area contributed by atoms with Crippen LogP contribution in [0.5, 0.6) is 0 Å². The first kappa shape index (κ1) is 14.3. The van der Waals surface area contributed by atoms with Gasteiger partial charge in [-0.3, -0.25) is 0 Å². The Kier molecular flexibility index (Phi) is 4.33. The van der Waals surface area contributed by atoms with Gasteiger partial charge < -0.3 is 9.94 Å². The molecule has 0 spiro atoms. The summed E-state index contributed by atoms with van der Waals surface area (Å²) < 4.78 is 5.95. The van der Waals surface area contributed by atoms with Crippen molar-refractivity contribution < 1.29 is 9.94 Å². The zero-order chi connectivity index (χ0) is 12.6. The van der Waals surface area contributed by atoms with E-state index in [1.807, 2.05) is 25.6 Å². The first-order chi connectivity index (χ1) is 7.21. The van der Waals surface area contributed by atoms with Crippen LogP contribution in [0.4, 0.5) is 0 Å². The molecule has 1 N–H and O–H groups in total. The van der Waals surface area contributed by atoms with E-state index in [0.29, 0.717) is 5.25 Å². The van der Waals surface area contributed by atoms with Crippen LogP contribution in [0.3, 0.4) is 0 Å². The molecule has 1 saturated heterocycles. The van der Waals surface area contributed by atoms with Crippen molar-refractivity contribution in [1.82, 2.24) is 5.06 Å². The van der Waals surface area contributed by atoms with Gasteiger partial charge in [-0.1, -0.05) is 6.92 Å². The third-order valence-corrected chi connectivity index (χ3v) is 4.47. The van der Waals surface area contributed by atoms with Gasteiger partial charge in [-0.15, -0.1) is 0 Å². The van der Waals surface area contributed by atoms with Crippen molar-refractivity contribution in [2.24, 2.45) is 0 Å². The van der Waals surface area contributed by atoms with Gasteiger partial charge in [0.1, 0.15) is 0 Å². The van der Waals surface area contributed by atoms with Crippen LogP contribution in [-0.2, 0) is 4.74 Å². The predicted molar refractivity (Wildman–Crippen MR) is 69.1 cm³/mol. The number of rotatable bonds is 4. The molecule has 1 fully saturated rings. The zero-order valence-electron chi connectivity index (χ0n) is 11.3. The molecule has 0 aromatic rings. The molecule has 2 atom stereocenters. The molecule has 0 aromatic heterocycles. The average molecular weight is 247 g/mol. The highest BCUT2D eigenvalue weighted by atomic mass is 32.2. The van der Waals surface area contributed by atoms with E-state index in [2.05, 4.69) is 27.0 Å². The summed E-state index contributed by atoms with van der Waals surface area (Å²) in [5.41, 5.74) is -0.502. The number of thioether (sulfide) groups is 1. The van der Waals surface area contributed by atoms with E-state index in [4.69, 9.17) is 4.74 Å². The number of nitrogens with zero attached hydrogens (tertiary/aromatic N) is 1. The lowest BCUT2D eigenvalue weighted by atomic mass is 9.97. The fourth-order valence-electron chi connectivity index (χ4n) is 2.29. The summed E-state index contributed by atoms with van der Waals surface area (Å²) in [5.74, 6) is 0. The molecule has 0 saturated carbocycles. The molecule has 2 unspecified atom stereocenters. The van der Waals surface area contributed by atoms with Gasteiger partial charge in [0.15, 0.2) is 0 Å². The first-order valence-electron chi connectivity index (χ1n) is 5.85. The molecule has 16 heavy (non-hydrogen) atoms. The molecule has 1 aliphatic rings. The predicted octanol–water partition coefficient (Wildman–Crippen LogP) is 2.78. The van der Waals surface area contributed by atoms with Crippen molar-refractivity contribution in [3.05, 3.63) is 0 Å². The number of ether oxygens (including phenoxy) is 1. The molecule has 4 heteroatoms. The lowest BCUT2D eigenvalue weighted by Gasteiger charge is -2.35. The van der Waals surface area contributed by atoms with Gasteiger partial charge in [-0.2, -0.15) is 16.8 Å². The normalized spacial score (nSPS) is 30.6. The molecule has 0 aromatic carbocycles. The Bertz CT molecular complexity index is 243. The fraction of sp³-hybridized carbons (Fsp3) is 1.00. The highest BCUT2D eigenvalue weighted by Gasteiger charge is 2.52. The largest absolute Gasteiger partial charge is 0.375 e. The lowest BCUT2D eigenvalue weighted by molar-refractivity contribution is -0.204. The van der Waals surface area contributed by atoms with E-state index in [1.165, 1.54) is 5.06 Å². The van der Waals surface area contributed by atoms with Crippen LogP contribution in [-0.4, -0.2) is 45.6 Å². The Hall–Kier alpha value is 0.230. The highest BCUT2D eigenvalue weighted by molar-refractivity contribution is 7.99. The maximum absolute atomic E-state index is 10.1. The second-order valence-electron chi connectivity index (χ2n) is 5.85. The topological polar surface area (TPSA) is 32.7 Å². The quantitative estimate of drug-likeness (QED) is 0.828. The van der Waals surface area contributed by atoms with Crippen molar-refractivity contribution in [1.29, 1.82) is 0 Å². The van der Waals surface area contributed by atoms with Crippen LogP contribution in [0.25, 0.3) is 0 Å². The Morgan fingerprint density at radius 1 is 1.44 bits per heavy atom. The molecular formula is C12H25NO2S. The summed E-state index contributed by atoms with van der Waals surface area (Å²) in [5, 5.41) is 12.1. The lowest BCUT2D eigenvalue weighted by Crippen LogP contribution is -2.49. The van der Waals surface area contributed by atoms with E-state index in [0.717, 1.165) is 13.0 Å². The molecule has 1 heterocycles. The summed E-state index contributed by atoms with van der Waals surface area (Å²) >= 11 is 1.81. The van der Waals surface area contributed by atoms with Crippen LogP contribution in [0.1, 0.15) is 41.0 Å². The standard InChI is InChI=1S/C12H25NO2S/c1-9(16-6)8-15-10-7-11(2,3)13(14)12(10,4)5/h9-10,14H,7-8H2,1-6H3. The Balaban J connectivity index is 2.62. The van der Waals surface area contributed by atoms with Gasteiger partial charge in [0, 0.05) is 10.8 Å². The fourth-order valence-corrected chi connectivity index (χ4v) is 2.50. The molecule has 96 valence electrons. The molecule has 0 aliphatic carbocycles. The van der Waals surface area contributed by atoms with Crippen LogP contribution in [0.15, 0.2) is 0 Å². The second-order valence-corrected chi connectivity index (χ2v) is 7.13. The Morgan fingerprint density at radius 2 is 2.00 bits per heavy atom. The molecule has 3 nitrogen and oxygen atoms in total. The minimum atomic E-state index is -0.304. The summed E-state index contributed by atoms with van der Waals surface area (Å²) in [6.07, 6.45) is 3.07. The number of hydrogen-bond acceptors (Lipinski definition) is 4. The average Bonchev–Trinajstić information content (AvgIpc) is 2.35. The van der Waals surface area contributed by atoms with Gasteiger partial charge in [0.25, 0.3) is 0 Å². The van der Waals surface area contributed by atoms with Crippen LogP contribution >= 0.6 is 11.8 Å². The monoisotopic (exact) mass is 247 g/mol. The molecule has 0 radical (unpaired) electrons. The maximum Gasteiger partial charge on any atom is 0.0795 e. The van der Waals surface area contributed by atoms with Crippen molar-refractivity contribution in [3.63, 3.8) is 0 Å². The van der Waals surface area contributed by atoms with Gasteiger partial charge in [-0.05, 0) is 40.4 Å². The van der Waals surface area contributed by atoms with Crippen molar-refractivity contribution >= 4 is 11.8 Å². The SMILES string of the molecule is CSC(C)COC1CC(C)(C)N(O)C1(C)C. The molecular weight excluding hydrogens is 222 g/mol. The van der Waals surface area contributed by atoms with E-state index >= 15 is 0 Å². The molecule has 1 rings (SSSR count). The summed E-state index contributed by atoms with van der Waals surface area (Å²) in [6, 6.07) is 0. The highest BCUT2D eigenvalue weighted by Crippen LogP contribution is 2.40. The minimum absolute atomic E-state index is 0.0992.